The predicted octanol–water partition coefficient (Wildman–Crippen LogP) is 3.78. The second-order valence-electron chi connectivity index (χ2n) is 5.36. The van der Waals surface area contributed by atoms with Crippen molar-refractivity contribution < 1.29 is 9.13 Å². The van der Waals surface area contributed by atoms with Crippen molar-refractivity contribution in [3.8, 4) is 5.75 Å². The zero-order valence-electron chi connectivity index (χ0n) is 11.1. The molecule has 0 radical (unpaired) electrons. The van der Waals surface area contributed by atoms with Crippen molar-refractivity contribution in [1.82, 2.24) is 0 Å². The molecule has 1 aromatic rings. The maximum Gasteiger partial charge on any atom is 0.165 e. The molecule has 1 fully saturated rings. The van der Waals surface area contributed by atoms with E-state index in [2.05, 4.69) is 19.2 Å². The second-order valence-corrected chi connectivity index (χ2v) is 6.51. The van der Waals surface area contributed by atoms with Crippen molar-refractivity contribution in [2.24, 2.45) is 5.41 Å². The minimum Gasteiger partial charge on any atom is -0.494 e. The lowest BCUT2D eigenvalue weighted by molar-refractivity contribution is 0.305. The second kappa shape index (κ2) is 5.39. The molecule has 1 unspecified atom stereocenters. The van der Waals surface area contributed by atoms with Gasteiger partial charge >= 0.3 is 0 Å². The van der Waals surface area contributed by atoms with Crippen LogP contribution in [0.2, 0.25) is 0 Å². The van der Waals surface area contributed by atoms with Gasteiger partial charge in [-0.1, -0.05) is 13.8 Å². The van der Waals surface area contributed by atoms with Gasteiger partial charge in [-0.25, -0.2) is 4.39 Å². The Morgan fingerprint density at radius 1 is 1.44 bits per heavy atom. The van der Waals surface area contributed by atoms with Crippen LogP contribution in [0.5, 0.6) is 5.75 Å². The quantitative estimate of drug-likeness (QED) is 0.902. The Morgan fingerprint density at radius 2 is 2.22 bits per heavy atom. The Kier molecular flexibility index (Phi) is 4.05. The summed E-state index contributed by atoms with van der Waals surface area (Å²) in [5, 5.41) is 3.51. The average Bonchev–Trinajstić information content (AvgIpc) is 2.34. The van der Waals surface area contributed by atoms with Crippen LogP contribution in [0.3, 0.4) is 0 Å². The lowest BCUT2D eigenvalue weighted by Gasteiger charge is -2.39. The first kappa shape index (κ1) is 13.5. The molecule has 1 aromatic carbocycles. The van der Waals surface area contributed by atoms with Crippen molar-refractivity contribution in [2.45, 2.75) is 26.3 Å². The molecule has 1 aliphatic rings. The maximum atomic E-state index is 13.3. The molecule has 0 amide bonds. The van der Waals surface area contributed by atoms with Crippen LogP contribution >= 0.6 is 11.8 Å². The lowest BCUT2D eigenvalue weighted by Crippen LogP contribution is -2.41. The van der Waals surface area contributed by atoms with E-state index in [0.717, 1.165) is 11.4 Å². The maximum absolute atomic E-state index is 13.3. The molecule has 100 valence electrons. The van der Waals surface area contributed by atoms with Crippen molar-refractivity contribution in [1.29, 1.82) is 0 Å². The zero-order chi connectivity index (χ0) is 13.2. The summed E-state index contributed by atoms with van der Waals surface area (Å²) < 4.78 is 18.4. The average molecular weight is 269 g/mol. The zero-order valence-corrected chi connectivity index (χ0v) is 11.9. The first-order valence-electron chi connectivity index (χ1n) is 6.21. The number of methoxy groups -OCH3 is 1. The van der Waals surface area contributed by atoms with Crippen molar-refractivity contribution in [2.75, 3.05) is 23.9 Å². The van der Waals surface area contributed by atoms with Crippen LogP contribution in [0.4, 0.5) is 10.1 Å². The first-order valence-corrected chi connectivity index (χ1v) is 7.36. The summed E-state index contributed by atoms with van der Waals surface area (Å²) in [7, 11) is 1.49. The Morgan fingerprint density at radius 3 is 2.89 bits per heavy atom. The van der Waals surface area contributed by atoms with Gasteiger partial charge in [-0.05, 0) is 29.7 Å². The standard InChI is InChI=1S/C14H20FNOS/c1-14(2)6-7-18-9-13(14)16-10-4-5-11(15)12(8-10)17-3/h4-5,8,13,16H,6-7,9H2,1-3H3. The van der Waals surface area contributed by atoms with Crippen LogP contribution in [0.15, 0.2) is 18.2 Å². The van der Waals surface area contributed by atoms with Crippen molar-refractivity contribution >= 4 is 17.4 Å². The molecule has 1 N–H and O–H groups in total. The molecule has 0 aromatic heterocycles. The first-order chi connectivity index (χ1) is 8.53. The van der Waals surface area contributed by atoms with Crippen molar-refractivity contribution in [3.63, 3.8) is 0 Å². The molecule has 1 saturated heterocycles. The molecule has 0 bridgehead atoms. The smallest absolute Gasteiger partial charge is 0.165 e. The van der Waals surface area contributed by atoms with Gasteiger partial charge in [-0.2, -0.15) is 11.8 Å². The summed E-state index contributed by atoms with van der Waals surface area (Å²) in [6, 6.07) is 5.36. The highest BCUT2D eigenvalue weighted by molar-refractivity contribution is 7.99. The number of halogens is 1. The fourth-order valence-electron chi connectivity index (χ4n) is 2.12. The largest absolute Gasteiger partial charge is 0.494 e. The number of anilines is 1. The molecule has 0 spiro atoms. The molecule has 18 heavy (non-hydrogen) atoms. The lowest BCUT2D eigenvalue weighted by atomic mass is 9.82. The highest BCUT2D eigenvalue weighted by Gasteiger charge is 2.32. The Hall–Kier alpha value is -0.900. The molecule has 4 heteroatoms. The van der Waals surface area contributed by atoms with E-state index >= 15 is 0 Å². The number of nitrogens with one attached hydrogen (secondary N) is 1. The molecular weight excluding hydrogens is 249 g/mol. The highest BCUT2D eigenvalue weighted by atomic mass is 32.2. The number of benzene rings is 1. The molecule has 0 saturated carbocycles. The molecule has 1 aliphatic heterocycles. The molecular formula is C14H20FNOS. The fraction of sp³-hybridized carbons (Fsp3) is 0.571. The minimum atomic E-state index is -0.319. The van der Waals surface area contributed by atoms with Crippen LogP contribution in [0.1, 0.15) is 20.3 Å². The van der Waals surface area contributed by atoms with E-state index in [4.69, 9.17) is 4.74 Å². The normalized spacial score (nSPS) is 22.6. The minimum absolute atomic E-state index is 0.271. The number of hydrogen-bond acceptors (Lipinski definition) is 3. The topological polar surface area (TPSA) is 21.3 Å². The van der Waals surface area contributed by atoms with E-state index in [1.165, 1.54) is 25.3 Å². The van der Waals surface area contributed by atoms with Gasteiger partial charge in [-0.15, -0.1) is 0 Å². The molecule has 1 atom stereocenters. The van der Waals surface area contributed by atoms with E-state index in [-0.39, 0.29) is 11.2 Å². The third-order valence-corrected chi connectivity index (χ3v) is 4.67. The van der Waals surface area contributed by atoms with Gasteiger partial charge < -0.3 is 10.1 Å². The third-order valence-electron chi connectivity index (χ3n) is 3.61. The summed E-state index contributed by atoms with van der Waals surface area (Å²) in [5.74, 6) is 2.28. The number of rotatable bonds is 3. The third kappa shape index (κ3) is 2.91. The fourth-order valence-corrected chi connectivity index (χ4v) is 3.73. The van der Waals surface area contributed by atoms with Gasteiger partial charge in [0.05, 0.1) is 7.11 Å². The summed E-state index contributed by atoms with van der Waals surface area (Å²) in [6.45, 7) is 4.57. The Labute approximate surface area is 112 Å². The number of thioether (sulfide) groups is 1. The van der Waals surface area contributed by atoms with E-state index < -0.39 is 0 Å². The van der Waals surface area contributed by atoms with Gasteiger partial charge in [0.2, 0.25) is 0 Å². The van der Waals surface area contributed by atoms with Crippen LogP contribution < -0.4 is 10.1 Å². The number of hydrogen-bond donors (Lipinski definition) is 1. The summed E-state index contributed by atoms with van der Waals surface area (Å²) in [4.78, 5) is 0. The molecule has 2 rings (SSSR count). The summed E-state index contributed by atoms with van der Waals surface area (Å²) in [6.07, 6.45) is 1.20. The van der Waals surface area contributed by atoms with Gasteiger partial charge in [0.25, 0.3) is 0 Å². The Bertz CT molecular complexity index is 422. The van der Waals surface area contributed by atoms with E-state index in [1.54, 1.807) is 12.1 Å². The summed E-state index contributed by atoms with van der Waals surface area (Å²) >= 11 is 1.97. The van der Waals surface area contributed by atoms with Gasteiger partial charge in [0.15, 0.2) is 11.6 Å². The molecule has 0 aliphatic carbocycles. The SMILES string of the molecule is COc1cc(NC2CSCCC2(C)C)ccc1F. The summed E-state index contributed by atoms with van der Waals surface area (Å²) in [5.41, 5.74) is 1.20. The van der Waals surface area contributed by atoms with E-state index in [0.29, 0.717) is 11.8 Å². The number of ether oxygens (including phenoxy) is 1. The van der Waals surface area contributed by atoms with Gasteiger partial charge in [-0.3, -0.25) is 0 Å². The monoisotopic (exact) mass is 269 g/mol. The van der Waals surface area contributed by atoms with E-state index in [9.17, 15) is 4.39 Å². The van der Waals surface area contributed by atoms with E-state index in [1.807, 2.05) is 11.8 Å². The van der Waals surface area contributed by atoms with Crippen LogP contribution in [-0.4, -0.2) is 24.7 Å². The van der Waals surface area contributed by atoms with Crippen LogP contribution in [0.25, 0.3) is 0 Å². The predicted molar refractivity (Wildman–Crippen MR) is 76.1 cm³/mol. The molecule has 1 heterocycles. The van der Waals surface area contributed by atoms with Gasteiger partial charge in [0, 0.05) is 23.5 Å². The highest BCUT2D eigenvalue weighted by Crippen LogP contribution is 2.36. The van der Waals surface area contributed by atoms with Crippen LogP contribution in [0, 0.1) is 11.2 Å². The molecule has 2 nitrogen and oxygen atoms in total. The van der Waals surface area contributed by atoms with Crippen molar-refractivity contribution in [3.05, 3.63) is 24.0 Å². The van der Waals surface area contributed by atoms with Gasteiger partial charge in [0.1, 0.15) is 0 Å². The van der Waals surface area contributed by atoms with Crippen LogP contribution in [-0.2, 0) is 0 Å². The Balaban J connectivity index is 2.13.